The number of hydrogen-bond acceptors (Lipinski definition) is 3. The van der Waals surface area contributed by atoms with Crippen LogP contribution < -0.4 is 4.74 Å². The van der Waals surface area contributed by atoms with Crippen molar-refractivity contribution in [3.8, 4) is 5.75 Å². The van der Waals surface area contributed by atoms with Crippen molar-refractivity contribution in [2.24, 2.45) is 0 Å². The second-order valence-electron chi connectivity index (χ2n) is 10.9. The summed E-state index contributed by atoms with van der Waals surface area (Å²) in [4.78, 5) is 26.2. The standard InChI is InChI=1S/C30H31Cl2NO4/c1-29(2,3)23-11-8-19(9-12-23)15-30(4)16-22-14-20(10-13-25(22)37-30)28(36)33(18-26(34)35)17-21-6-5-7-24(31)27(21)32/h5-14H,15-18H2,1-4H3,(H,34,35)/t30-/m1/s1. The van der Waals surface area contributed by atoms with E-state index in [1.807, 2.05) is 0 Å². The van der Waals surface area contributed by atoms with Crippen molar-refractivity contribution in [3.63, 3.8) is 0 Å². The van der Waals surface area contributed by atoms with Gasteiger partial charge in [0.2, 0.25) is 0 Å². The molecular weight excluding hydrogens is 509 g/mol. The number of ether oxygens (including phenoxy) is 1. The van der Waals surface area contributed by atoms with Crippen molar-refractivity contribution in [2.45, 2.75) is 58.1 Å². The number of rotatable bonds is 7. The molecule has 7 heteroatoms. The topological polar surface area (TPSA) is 66.8 Å². The zero-order chi connectivity index (χ0) is 27.0. The van der Waals surface area contributed by atoms with Crippen molar-refractivity contribution in [2.75, 3.05) is 6.54 Å². The minimum absolute atomic E-state index is 0.0282. The van der Waals surface area contributed by atoms with Crippen LogP contribution in [-0.4, -0.2) is 34.0 Å². The molecule has 37 heavy (non-hydrogen) atoms. The number of fused-ring (bicyclic) bond motifs is 1. The summed E-state index contributed by atoms with van der Waals surface area (Å²) < 4.78 is 6.33. The fourth-order valence-electron chi connectivity index (χ4n) is 4.73. The van der Waals surface area contributed by atoms with E-state index in [0.29, 0.717) is 27.6 Å². The SMILES string of the molecule is CC(C)(C)c1ccc(C[C@]2(C)Cc3cc(C(=O)N(CC(=O)O)Cc4cccc(Cl)c4Cl)ccc3O2)cc1. The quantitative estimate of drug-likeness (QED) is 0.352. The predicted molar refractivity (Wildman–Crippen MR) is 147 cm³/mol. The Hall–Kier alpha value is -3.02. The molecule has 0 fully saturated rings. The molecule has 4 rings (SSSR count). The summed E-state index contributed by atoms with van der Waals surface area (Å²) in [5.74, 6) is -0.762. The predicted octanol–water partition coefficient (Wildman–Crippen LogP) is 6.95. The Balaban J connectivity index is 1.52. The summed E-state index contributed by atoms with van der Waals surface area (Å²) in [6.45, 7) is 8.22. The van der Waals surface area contributed by atoms with E-state index in [0.717, 1.165) is 17.7 Å². The summed E-state index contributed by atoms with van der Waals surface area (Å²) in [5, 5.41) is 10.1. The van der Waals surface area contributed by atoms with E-state index in [1.165, 1.54) is 16.0 Å². The van der Waals surface area contributed by atoms with E-state index in [9.17, 15) is 14.7 Å². The van der Waals surface area contributed by atoms with Gasteiger partial charge in [-0.2, -0.15) is 0 Å². The van der Waals surface area contributed by atoms with Crippen LogP contribution in [0.2, 0.25) is 10.0 Å². The largest absolute Gasteiger partial charge is 0.487 e. The summed E-state index contributed by atoms with van der Waals surface area (Å²) in [5.41, 5.74) is 4.03. The lowest BCUT2D eigenvalue weighted by Crippen LogP contribution is -2.35. The molecule has 0 radical (unpaired) electrons. The average molecular weight is 540 g/mol. The first-order valence-electron chi connectivity index (χ1n) is 12.2. The molecule has 0 unspecified atom stereocenters. The van der Waals surface area contributed by atoms with Crippen LogP contribution in [0.3, 0.4) is 0 Å². The van der Waals surface area contributed by atoms with Gasteiger partial charge in [-0.25, -0.2) is 0 Å². The van der Waals surface area contributed by atoms with E-state index in [-0.39, 0.29) is 12.0 Å². The molecule has 1 heterocycles. The highest BCUT2D eigenvalue weighted by atomic mass is 35.5. The van der Waals surface area contributed by atoms with Crippen molar-refractivity contribution in [3.05, 3.63) is 98.5 Å². The molecule has 5 nitrogen and oxygen atoms in total. The summed E-state index contributed by atoms with van der Waals surface area (Å²) in [6, 6.07) is 19.0. The average Bonchev–Trinajstić information content (AvgIpc) is 3.15. The second kappa shape index (κ2) is 10.4. The minimum atomic E-state index is -1.11. The molecule has 0 saturated heterocycles. The summed E-state index contributed by atoms with van der Waals surface area (Å²) >= 11 is 12.4. The van der Waals surface area contributed by atoms with Gasteiger partial charge in [0.25, 0.3) is 5.91 Å². The van der Waals surface area contributed by atoms with Gasteiger partial charge in [-0.3, -0.25) is 9.59 Å². The summed E-state index contributed by atoms with van der Waals surface area (Å²) in [6.07, 6.45) is 1.37. The number of nitrogens with zero attached hydrogens (tertiary/aromatic N) is 1. The second-order valence-corrected chi connectivity index (χ2v) is 11.7. The Kier molecular flexibility index (Phi) is 7.59. The third-order valence-corrected chi connectivity index (χ3v) is 7.49. The fraction of sp³-hybridized carbons (Fsp3) is 0.333. The summed E-state index contributed by atoms with van der Waals surface area (Å²) in [7, 11) is 0. The fourth-order valence-corrected chi connectivity index (χ4v) is 5.11. The molecule has 3 aromatic carbocycles. The maximum absolute atomic E-state index is 13.4. The monoisotopic (exact) mass is 539 g/mol. The molecule has 1 amide bonds. The maximum atomic E-state index is 13.4. The van der Waals surface area contributed by atoms with Gasteiger partial charge >= 0.3 is 5.97 Å². The van der Waals surface area contributed by atoms with Crippen LogP contribution in [0.15, 0.2) is 60.7 Å². The number of halogens is 2. The highest BCUT2D eigenvalue weighted by Gasteiger charge is 2.36. The molecule has 0 saturated carbocycles. The Labute approximate surface area is 228 Å². The van der Waals surface area contributed by atoms with Crippen LogP contribution in [0.1, 0.15) is 60.3 Å². The third-order valence-electron chi connectivity index (χ3n) is 6.63. The van der Waals surface area contributed by atoms with Gasteiger partial charge < -0.3 is 14.7 Å². The zero-order valence-corrected chi connectivity index (χ0v) is 23.0. The van der Waals surface area contributed by atoms with Gasteiger partial charge in [0.1, 0.15) is 17.9 Å². The number of aliphatic carboxylic acids is 1. The van der Waals surface area contributed by atoms with Crippen LogP contribution in [0.5, 0.6) is 5.75 Å². The lowest BCUT2D eigenvalue weighted by atomic mass is 9.85. The first-order valence-corrected chi connectivity index (χ1v) is 13.0. The Morgan fingerprint density at radius 1 is 1.05 bits per heavy atom. The molecule has 1 aliphatic heterocycles. The smallest absolute Gasteiger partial charge is 0.323 e. The minimum Gasteiger partial charge on any atom is -0.487 e. The zero-order valence-electron chi connectivity index (χ0n) is 21.5. The van der Waals surface area contributed by atoms with Crippen LogP contribution in [0.25, 0.3) is 0 Å². The Bertz CT molecular complexity index is 1330. The number of amides is 1. The van der Waals surface area contributed by atoms with Gasteiger partial charge in [0, 0.05) is 24.9 Å². The van der Waals surface area contributed by atoms with E-state index in [4.69, 9.17) is 27.9 Å². The number of carboxylic acids is 1. The van der Waals surface area contributed by atoms with Crippen molar-refractivity contribution in [1.82, 2.24) is 4.90 Å². The van der Waals surface area contributed by atoms with E-state index < -0.39 is 24.0 Å². The Morgan fingerprint density at radius 3 is 2.41 bits per heavy atom. The highest BCUT2D eigenvalue weighted by molar-refractivity contribution is 6.42. The van der Waals surface area contributed by atoms with Gasteiger partial charge in [-0.1, -0.05) is 80.4 Å². The Morgan fingerprint density at radius 2 is 1.76 bits per heavy atom. The first-order chi connectivity index (χ1) is 17.3. The van der Waals surface area contributed by atoms with Crippen LogP contribution in [-0.2, 0) is 29.6 Å². The van der Waals surface area contributed by atoms with Crippen LogP contribution >= 0.6 is 23.2 Å². The van der Waals surface area contributed by atoms with Crippen molar-refractivity contribution in [1.29, 1.82) is 0 Å². The van der Waals surface area contributed by atoms with E-state index in [1.54, 1.807) is 36.4 Å². The molecule has 0 aromatic heterocycles. The number of benzene rings is 3. The highest BCUT2D eigenvalue weighted by Crippen LogP contribution is 2.38. The molecule has 1 aliphatic rings. The van der Waals surface area contributed by atoms with Crippen LogP contribution in [0, 0.1) is 0 Å². The number of hydrogen-bond donors (Lipinski definition) is 1. The van der Waals surface area contributed by atoms with E-state index >= 15 is 0 Å². The van der Waals surface area contributed by atoms with Gasteiger partial charge in [0.05, 0.1) is 10.0 Å². The maximum Gasteiger partial charge on any atom is 0.323 e. The molecule has 194 valence electrons. The first kappa shape index (κ1) is 27.0. The molecule has 0 spiro atoms. The lowest BCUT2D eigenvalue weighted by Gasteiger charge is -2.25. The number of carboxylic acid groups (broad SMARTS) is 1. The molecule has 0 bridgehead atoms. The molecule has 0 aliphatic carbocycles. The van der Waals surface area contributed by atoms with Gasteiger partial charge in [-0.05, 0) is 58.9 Å². The molecule has 1 atom stereocenters. The third kappa shape index (κ3) is 6.28. The molecule has 1 N–H and O–H groups in total. The van der Waals surface area contributed by atoms with Crippen molar-refractivity contribution < 1.29 is 19.4 Å². The van der Waals surface area contributed by atoms with Gasteiger partial charge in [0.15, 0.2) is 0 Å². The lowest BCUT2D eigenvalue weighted by molar-refractivity contribution is -0.137. The number of carbonyl (C=O) groups excluding carboxylic acids is 1. The van der Waals surface area contributed by atoms with Crippen LogP contribution in [0.4, 0.5) is 0 Å². The van der Waals surface area contributed by atoms with Crippen molar-refractivity contribution >= 4 is 35.1 Å². The molecule has 3 aromatic rings. The molecular formula is C30H31Cl2NO4. The van der Waals surface area contributed by atoms with Gasteiger partial charge in [-0.15, -0.1) is 0 Å². The normalized spacial score (nSPS) is 16.7. The number of carbonyl (C=O) groups is 2. The van der Waals surface area contributed by atoms with E-state index in [2.05, 4.69) is 52.0 Å².